The van der Waals surface area contributed by atoms with Gasteiger partial charge in [-0.1, -0.05) is 19.1 Å². The molecule has 0 aliphatic heterocycles. The zero-order valence-electron chi connectivity index (χ0n) is 8.06. The molecule has 0 amide bonds. The van der Waals surface area contributed by atoms with Crippen molar-refractivity contribution in [3.05, 3.63) is 12.2 Å². The van der Waals surface area contributed by atoms with Gasteiger partial charge in [-0.2, -0.15) is 0 Å². The predicted octanol–water partition coefficient (Wildman–Crippen LogP) is 2.59. The lowest BCUT2D eigenvalue weighted by molar-refractivity contribution is 0.489. The lowest BCUT2D eigenvalue weighted by Gasteiger charge is -2.08. The maximum absolute atomic E-state index is 3.19. The summed E-state index contributed by atoms with van der Waals surface area (Å²) >= 11 is 0. The second kappa shape index (κ2) is 7.80. The van der Waals surface area contributed by atoms with Crippen LogP contribution in [0.3, 0.4) is 0 Å². The molecule has 1 nitrogen and oxygen atoms in total. The molecule has 0 bridgehead atoms. The van der Waals surface area contributed by atoms with Crippen LogP contribution in [0.1, 0.15) is 33.1 Å². The second-order valence-corrected chi connectivity index (χ2v) is 3.16. The molecule has 0 aromatic rings. The summed E-state index contributed by atoms with van der Waals surface area (Å²) in [7, 11) is 2.02. The Balaban J connectivity index is 3.10. The van der Waals surface area contributed by atoms with Gasteiger partial charge >= 0.3 is 0 Å². The SMILES string of the molecule is C/C=C\CCCC(C)CNC. The maximum Gasteiger partial charge on any atom is -0.00262 e. The molecule has 1 N–H and O–H groups in total. The third-order valence-electron chi connectivity index (χ3n) is 1.86. The average molecular weight is 155 g/mol. The minimum absolute atomic E-state index is 0.824. The van der Waals surface area contributed by atoms with Crippen LogP contribution in [-0.4, -0.2) is 13.6 Å². The van der Waals surface area contributed by atoms with Crippen molar-refractivity contribution in [3.8, 4) is 0 Å². The third kappa shape index (κ3) is 7.60. The largest absolute Gasteiger partial charge is 0.319 e. The molecule has 0 aliphatic rings. The Morgan fingerprint density at radius 1 is 1.45 bits per heavy atom. The molecule has 1 unspecified atom stereocenters. The molecule has 1 atom stereocenters. The summed E-state index contributed by atoms with van der Waals surface area (Å²) in [5.41, 5.74) is 0. The Morgan fingerprint density at radius 2 is 2.18 bits per heavy atom. The van der Waals surface area contributed by atoms with E-state index in [1.165, 1.54) is 19.3 Å². The maximum atomic E-state index is 3.19. The summed E-state index contributed by atoms with van der Waals surface area (Å²) in [6.45, 7) is 5.53. The Morgan fingerprint density at radius 3 is 2.73 bits per heavy atom. The van der Waals surface area contributed by atoms with Crippen molar-refractivity contribution < 1.29 is 0 Å². The number of hydrogen-bond donors (Lipinski definition) is 1. The molecule has 0 aromatic heterocycles. The fourth-order valence-corrected chi connectivity index (χ4v) is 1.20. The van der Waals surface area contributed by atoms with Crippen LogP contribution < -0.4 is 5.32 Å². The van der Waals surface area contributed by atoms with Gasteiger partial charge in [0.2, 0.25) is 0 Å². The van der Waals surface area contributed by atoms with E-state index in [2.05, 4.69) is 31.3 Å². The van der Waals surface area contributed by atoms with Gasteiger partial charge < -0.3 is 5.32 Å². The first-order chi connectivity index (χ1) is 5.31. The second-order valence-electron chi connectivity index (χ2n) is 3.16. The molecule has 0 fully saturated rings. The summed E-state index contributed by atoms with van der Waals surface area (Å²) < 4.78 is 0. The summed E-state index contributed by atoms with van der Waals surface area (Å²) in [5, 5.41) is 3.19. The van der Waals surface area contributed by atoms with E-state index in [9.17, 15) is 0 Å². The highest BCUT2D eigenvalue weighted by atomic mass is 14.8. The van der Waals surface area contributed by atoms with E-state index in [0.717, 1.165) is 12.5 Å². The van der Waals surface area contributed by atoms with Crippen molar-refractivity contribution in [2.45, 2.75) is 33.1 Å². The van der Waals surface area contributed by atoms with E-state index < -0.39 is 0 Å². The van der Waals surface area contributed by atoms with Crippen LogP contribution in [0.2, 0.25) is 0 Å². The van der Waals surface area contributed by atoms with Gasteiger partial charge in [0.1, 0.15) is 0 Å². The number of rotatable bonds is 6. The van der Waals surface area contributed by atoms with Crippen molar-refractivity contribution in [1.82, 2.24) is 5.32 Å². The molecule has 1 heteroatoms. The minimum Gasteiger partial charge on any atom is -0.319 e. The monoisotopic (exact) mass is 155 g/mol. The quantitative estimate of drug-likeness (QED) is 0.459. The van der Waals surface area contributed by atoms with Gasteiger partial charge in [0, 0.05) is 0 Å². The molecule has 66 valence electrons. The van der Waals surface area contributed by atoms with Crippen molar-refractivity contribution in [2.75, 3.05) is 13.6 Å². The number of allylic oxidation sites excluding steroid dienone is 2. The molecule has 0 rings (SSSR count). The van der Waals surface area contributed by atoms with E-state index in [0.29, 0.717) is 0 Å². The van der Waals surface area contributed by atoms with Gasteiger partial charge in [0.05, 0.1) is 0 Å². The summed E-state index contributed by atoms with van der Waals surface area (Å²) in [4.78, 5) is 0. The van der Waals surface area contributed by atoms with Gasteiger partial charge in [0.15, 0.2) is 0 Å². The third-order valence-corrected chi connectivity index (χ3v) is 1.86. The van der Waals surface area contributed by atoms with Crippen LogP contribution in [-0.2, 0) is 0 Å². The first-order valence-corrected chi connectivity index (χ1v) is 4.57. The predicted molar refractivity (Wildman–Crippen MR) is 51.8 cm³/mol. The number of hydrogen-bond acceptors (Lipinski definition) is 1. The van der Waals surface area contributed by atoms with Gasteiger partial charge in [-0.25, -0.2) is 0 Å². The molecular formula is C10H21N. The van der Waals surface area contributed by atoms with Crippen LogP contribution >= 0.6 is 0 Å². The molecule has 0 radical (unpaired) electrons. The Labute approximate surface area is 70.9 Å². The smallest absolute Gasteiger partial charge is 0.00262 e. The van der Waals surface area contributed by atoms with E-state index in [1.807, 2.05) is 7.05 Å². The zero-order chi connectivity index (χ0) is 8.53. The molecule has 11 heavy (non-hydrogen) atoms. The van der Waals surface area contributed by atoms with Crippen molar-refractivity contribution in [3.63, 3.8) is 0 Å². The van der Waals surface area contributed by atoms with E-state index in [1.54, 1.807) is 0 Å². The van der Waals surface area contributed by atoms with E-state index in [-0.39, 0.29) is 0 Å². The zero-order valence-corrected chi connectivity index (χ0v) is 8.06. The summed E-state index contributed by atoms with van der Waals surface area (Å²) in [6.07, 6.45) is 8.28. The topological polar surface area (TPSA) is 12.0 Å². The molecule has 0 heterocycles. The fourth-order valence-electron chi connectivity index (χ4n) is 1.20. The number of nitrogens with one attached hydrogen (secondary N) is 1. The average Bonchev–Trinajstić information content (AvgIpc) is 1.99. The van der Waals surface area contributed by atoms with Crippen LogP contribution in [0.15, 0.2) is 12.2 Å². The van der Waals surface area contributed by atoms with E-state index in [4.69, 9.17) is 0 Å². The van der Waals surface area contributed by atoms with Gasteiger partial charge in [0.25, 0.3) is 0 Å². The summed E-state index contributed by atoms with van der Waals surface area (Å²) in [5.74, 6) is 0.824. The fraction of sp³-hybridized carbons (Fsp3) is 0.800. The standard InChI is InChI=1S/C10H21N/c1-4-5-6-7-8-10(2)9-11-3/h4-5,10-11H,6-9H2,1-3H3/b5-4-. The van der Waals surface area contributed by atoms with Crippen molar-refractivity contribution in [2.24, 2.45) is 5.92 Å². The highest BCUT2D eigenvalue weighted by Crippen LogP contribution is 2.06. The Kier molecular flexibility index (Phi) is 7.59. The normalized spacial score (nSPS) is 14.1. The van der Waals surface area contributed by atoms with Crippen LogP contribution in [0.4, 0.5) is 0 Å². The van der Waals surface area contributed by atoms with Crippen LogP contribution in [0.5, 0.6) is 0 Å². The lowest BCUT2D eigenvalue weighted by Crippen LogP contribution is -2.15. The first-order valence-electron chi connectivity index (χ1n) is 4.57. The molecule has 0 spiro atoms. The van der Waals surface area contributed by atoms with Gasteiger partial charge in [-0.3, -0.25) is 0 Å². The highest BCUT2D eigenvalue weighted by Gasteiger charge is 1.97. The van der Waals surface area contributed by atoms with Crippen molar-refractivity contribution in [1.29, 1.82) is 0 Å². The molecule has 0 aromatic carbocycles. The van der Waals surface area contributed by atoms with Crippen molar-refractivity contribution >= 4 is 0 Å². The molecule has 0 saturated carbocycles. The Hall–Kier alpha value is -0.300. The minimum atomic E-state index is 0.824. The van der Waals surface area contributed by atoms with Crippen LogP contribution in [0, 0.1) is 5.92 Å². The number of unbranched alkanes of at least 4 members (excludes halogenated alkanes) is 1. The van der Waals surface area contributed by atoms with E-state index >= 15 is 0 Å². The van der Waals surface area contributed by atoms with Crippen LogP contribution in [0.25, 0.3) is 0 Å². The molecular weight excluding hydrogens is 134 g/mol. The van der Waals surface area contributed by atoms with Gasteiger partial charge in [-0.15, -0.1) is 0 Å². The first kappa shape index (κ1) is 10.7. The highest BCUT2D eigenvalue weighted by molar-refractivity contribution is 4.76. The Bertz CT molecular complexity index is 97.0. The van der Waals surface area contributed by atoms with Gasteiger partial charge in [-0.05, 0) is 45.7 Å². The lowest BCUT2D eigenvalue weighted by atomic mass is 10.0. The summed E-state index contributed by atoms with van der Waals surface area (Å²) in [6, 6.07) is 0. The molecule has 0 aliphatic carbocycles. The molecule has 0 saturated heterocycles.